The van der Waals surface area contributed by atoms with Gasteiger partial charge in [-0.3, -0.25) is 13.9 Å². The van der Waals surface area contributed by atoms with Gasteiger partial charge in [0, 0.05) is 19.0 Å². The fraction of sp³-hybridized carbons (Fsp3) is 0.297. The standard InChI is InChI=1S/C37H39Cl2N3O4S/c1-27-20-22-29(23-21-27)25-41(34(24-28-12-5-2-6-13-28)37(44)40-30-14-7-3-8-15-30)35(43)26-42(33-19-11-18-32(38)36(33)39)47(45,46)31-16-9-4-10-17-31/h2,4-6,9-13,16-23,30,34H,3,7-8,14-15,24-26H2,1H3,(H,40,44)/t34-/m0/s1. The fourth-order valence-electron chi connectivity index (χ4n) is 5.91. The monoisotopic (exact) mass is 691 g/mol. The molecule has 10 heteroatoms. The minimum atomic E-state index is -4.29. The van der Waals surface area contributed by atoms with Gasteiger partial charge in [-0.1, -0.05) is 127 Å². The predicted octanol–water partition coefficient (Wildman–Crippen LogP) is 7.59. The summed E-state index contributed by atoms with van der Waals surface area (Å²) in [5, 5.41) is 3.37. The van der Waals surface area contributed by atoms with Crippen LogP contribution in [0, 0.1) is 6.92 Å². The summed E-state index contributed by atoms with van der Waals surface area (Å²) in [5.74, 6) is -0.819. The Balaban J connectivity index is 1.58. The number of nitrogens with one attached hydrogen (secondary N) is 1. The predicted molar refractivity (Wildman–Crippen MR) is 188 cm³/mol. The van der Waals surface area contributed by atoms with Gasteiger partial charge in [-0.2, -0.15) is 0 Å². The second kappa shape index (κ2) is 15.8. The lowest BCUT2D eigenvalue weighted by atomic mass is 9.94. The molecule has 1 aliphatic rings. The summed E-state index contributed by atoms with van der Waals surface area (Å²) in [5.41, 5.74) is 2.81. The highest BCUT2D eigenvalue weighted by Crippen LogP contribution is 2.35. The Morgan fingerprint density at radius 3 is 2.11 bits per heavy atom. The minimum absolute atomic E-state index is 0.00225. The Bertz CT molecular complexity index is 1760. The van der Waals surface area contributed by atoms with Crippen LogP contribution in [0.5, 0.6) is 0 Å². The fourth-order valence-corrected chi connectivity index (χ4v) is 7.80. The van der Waals surface area contributed by atoms with E-state index < -0.39 is 28.5 Å². The third-order valence-corrected chi connectivity index (χ3v) is 11.1. The van der Waals surface area contributed by atoms with Crippen LogP contribution in [0.25, 0.3) is 0 Å². The smallest absolute Gasteiger partial charge is 0.264 e. The number of hydrogen-bond acceptors (Lipinski definition) is 4. The van der Waals surface area contributed by atoms with Crippen LogP contribution in [-0.2, 0) is 32.6 Å². The summed E-state index contributed by atoms with van der Waals surface area (Å²) in [6.45, 7) is 1.46. The van der Waals surface area contributed by atoms with Gasteiger partial charge in [-0.25, -0.2) is 8.42 Å². The molecule has 1 fully saturated rings. The lowest BCUT2D eigenvalue weighted by Crippen LogP contribution is -2.55. The van der Waals surface area contributed by atoms with Gasteiger partial charge >= 0.3 is 0 Å². The number of carbonyl (C=O) groups excluding carboxylic acids is 2. The van der Waals surface area contributed by atoms with Gasteiger partial charge in [0.15, 0.2) is 0 Å². The molecule has 0 aromatic heterocycles. The van der Waals surface area contributed by atoms with Crippen LogP contribution >= 0.6 is 23.2 Å². The molecule has 0 radical (unpaired) electrons. The largest absolute Gasteiger partial charge is 0.352 e. The van der Waals surface area contributed by atoms with Crippen molar-refractivity contribution in [3.63, 3.8) is 0 Å². The van der Waals surface area contributed by atoms with Crippen LogP contribution < -0.4 is 9.62 Å². The van der Waals surface area contributed by atoms with Crippen LogP contribution in [-0.4, -0.2) is 43.8 Å². The molecule has 1 atom stereocenters. The van der Waals surface area contributed by atoms with Crippen molar-refractivity contribution in [2.45, 2.75) is 69.0 Å². The molecule has 246 valence electrons. The minimum Gasteiger partial charge on any atom is -0.352 e. The molecule has 0 aliphatic heterocycles. The number of carbonyl (C=O) groups is 2. The van der Waals surface area contributed by atoms with Gasteiger partial charge in [0.25, 0.3) is 10.0 Å². The normalized spacial score (nSPS) is 14.3. The molecule has 4 aromatic rings. The third-order valence-electron chi connectivity index (χ3n) is 8.51. The molecule has 7 nitrogen and oxygen atoms in total. The second-order valence-corrected chi connectivity index (χ2v) is 14.6. The van der Waals surface area contributed by atoms with Crippen molar-refractivity contribution < 1.29 is 18.0 Å². The molecule has 4 aromatic carbocycles. The van der Waals surface area contributed by atoms with Crippen molar-refractivity contribution in [3.05, 3.63) is 130 Å². The number of amides is 2. The lowest BCUT2D eigenvalue weighted by Gasteiger charge is -2.35. The summed E-state index contributed by atoms with van der Waals surface area (Å²) in [6, 6.07) is 28.9. The van der Waals surface area contributed by atoms with Gasteiger partial charge < -0.3 is 10.2 Å². The number of hydrogen-bond donors (Lipinski definition) is 1. The Hall–Kier alpha value is -3.85. The first-order valence-corrected chi connectivity index (χ1v) is 18.0. The van der Waals surface area contributed by atoms with Crippen LogP contribution in [0.15, 0.2) is 108 Å². The van der Waals surface area contributed by atoms with Crippen LogP contribution in [0.2, 0.25) is 10.0 Å². The average molecular weight is 693 g/mol. The molecule has 5 rings (SSSR count). The topological polar surface area (TPSA) is 86.8 Å². The summed E-state index contributed by atoms with van der Waals surface area (Å²) in [6.07, 6.45) is 5.22. The number of benzene rings is 4. The molecular weight excluding hydrogens is 653 g/mol. The van der Waals surface area contributed by atoms with E-state index in [1.165, 1.54) is 23.1 Å². The van der Waals surface area contributed by atoms with Crippen LogP contribution in [0.4, 0.5) is 5.69 Å². The number of anilines is 1. The Morgan fingerprint density at radius 1 is 0.809 bits per heavy atom. The van der Waals surface area contributed by atoms with E-state index in [1.807, 2.05) is 61.5 Å². The summed E-state index contributed by atoms with van der Waals surface area (Å²) in [7, 11) is -4.29. The molecule has 1 saturated carbocycles. The first kappa shape index (κ1) is 34.5. The van der Waals surface area contributed by atoms with Gasteiger partial charge in [-0.15, -0.1) is 0 Å². The van der Waals surface area contributed by atoms with Crippen molar-refractivity contribution in [1.29, 1.82) is 0 Å². The van der Waals surface area contributed by atoms with E-state index in [9.17, 15) is 18.0 Å². The summed E-state index contributed by atoms with van der Waals surface area (Å²) < 4.78 is 29.3. The molecule has 47 heavy (non-hydrogen) atoms. The van der Waals surface area contributed by atoms with E-state index in [2.05, 4.69) is 5.32 Å². The molecule has 0 saturated heterocycles. The SMILES string of the molecule is Cc1ccc(CN(C(=O)CN(c2cccc(Cl)c2Cl)S(=O)(=O)c2ccccc2)[C@@H](Cc2ccccc2)C(=O)NC2CCCCC2)cc1. The van der Waals surface area contributed by atoms with E-state index in [0.29, 0.717) is 0 Å². The number of sulfonamides is 1. The Kier molecular flexibility index (Phi) is 11.6. The molecule has 0 heterocycles. The number of rotatable bonds is 12. The van der Waals surface area contributed by atoms with Crippen LogP contribution in [0.3, 0.4) is 0 Å². The molecule has 2 amide bonds. The maximum Gasteiger partial charge on any atom is 0.264 e. The Labute approximate surface area is 287 Å². The Morgan fingerprint density at radius 2 is 1.45 bits per heavy atom. The molecule has 1 aliphatic carbocycles. The molecular formula is C37H39Cl2N3O4S. The first-order valence-electron chi connectivity index (χ1n) is 15.8. The van der Waals surface area contributed by atoms with E-state index in [-0.39, 0.29) is 45.5 Å². The van der Waals surface area contributed by atoms with E-state index in [0.717, 1.165) is 53.1 Å². The third kappa shape index (κ3) is 8.74. The zero-order valence-corrected chi connectivity index (χ0v) is 28.6. The van der Waals surface area contributed by atoms with Crippen molar-refractivity contribution in [3.8, 4) is 0 Å². The molecule has 0 bridgehead atoms. The number of aryl methyl sites for hydroxylation is 1. The highest BCUT2D eigenvalue weighted by Gasteiger charge is 2.36. The van der Waals surface area contributed by atoms with Crippen molar-refractivity contribution in [2.75, 3.05) is 10.8 Å². The molecule has 0 unspecified atom stereocenters. The summed E-state index contributed by atoms with van der Waals surface area (Å²) >= 11 is 12.9. The zero-order valence-electron chi connectivity index (χ0n) is 26.3. The highest BCUT2D eigenvalue weighted by atomic mass is 35.5. The summed E-state index contributed by atoms with van der Waals surface area (Å²) in [4.78, 5) is 30.4. The van der Waals surface area contributed by atoms with Gasteiger partial charge in [0.2, 0.25) is 11.8 Å². The van der Waals surface area contributed by atoms with E-state index in [1.54, 1.807) is 30.3 Å². The highest BCUT2D eigenvalue weighted by molar-refractivity contribution is 7.92. The maximum absolute atomic E-state index is 14.7. The van der Waals surface area contributed by atoms with Crippen molar-refractivity contribution in [2.24, 2.45) is 0 Å². The molecule has 0 spiro atoms. The van der Waals surface area contributed by atoms with Gasteiger partial charge in [-0.05, 0) is 55.2 Å². The lowest BCUT2D eigenvalue weighted by molar-refractivity contribution is -0.140. The first-order chi connectivity index (χ1) is 22.6. The van der Waals surface area contributed by atoms with Gasteiger partial charge in [0.1, 0.15) is 12.6 Å². The van der Waals surface area contributed by atoms with Crippen molar-refractivity contribution >= 4 is 50.7 Å². The van der Waals surface area contributed by atoms with E-state index >= 15 is 0 Å². The van der Waals surface area contributed by atoms with Gasteiger partial charge in [0.05, 0.1) is 20.6 Å². The number of halogens is 2. The van der Waals surface area contributed by atoms with E-state index in [4.69, 9.17) is 23.2 Å². The van der Waals surface area contributed by atoms with Crippen molar-refractivity contribution in [1.82, 2.24) is 10.2 Å². The van der Waals surface area contributed by atoms with Crippen LogP contribution in [0.1, 0.15) is 48.8 Å². The second-order valence-electron chi connectivity index (χ2n) is 12.0. The quantitative estimate of drug-likeness (QED) is 0.166. The molecule has 1 N–H and O–H groups in total. The average Bonchev–Trinajstić information content (AvgIpc) is 3.08. The number of nitrogens with zero attached hydrogens (tertiary/aromatic N) is 2. The maximum atomic E-state index is 14.7. The zero-order chi connectivity index (χ0) is 33.4.